The molecule has 1 amide bonds. The van der Waals surface area contributed by atoms with Gasteiger partial charge in [0.2, 0.25) is 15.9 Å². The van der Waals surface area contributed by atoms with Gasteiger partial charge in [0.1, 0.15) is 0 Å². The minimum Gasteiger partial charge on any atom is -0.337 e. The third kappa shape index (κ3) is 4.91. The minimum atomic E-state index is -3.55. The average Bonchev–Trinajstić information content (AvgIpc) is 2.56. The molecule has 1 N–H and O–H groups in total. The zero-order valence-corrected chi connectivity index (χ0v) is 14.7. The Kier molecular flexibility index (Phi) is 6.11. The van der Waals surface area contributed by atoms with Crippen molar-refractivity contribution in [1.29, 1.82) is 0 Å². The molecule has 0 fully saturated rings. The second-order valence-electron chi connectivity index (χ2n) is 5.58. The number of nitrogens with one attached hydrogen (secondary N) is 1. The van der Waals surface area contributed by atoms with Gasteiger partial charge in [0, 0.05) is 26.6 Å². The molecule has 2 rings (SSSR count). The third-order valence-corrected chi connectivity index (χ3v) is 5.27. The first kappa shape index (κ1) is 18.2. The van der Waals surface area contributed by atoms with Gasteiger partial charge in [-0.25, -0.2) is 13.1 Å². The van der Waals surface area contributed by atoms with Gasteiger partial charge in [-0.05, 0) is 30.2 Å². The first-order valence-corrected chi connectivity index (χ1v) is 9.23. The standard InChI is InChI=1S/C18H22N2O3S/c1-15-8-6-7-9-17(15)14-20(16(2)21)13-12-19-24(22,23)18-10-4-3-5-11-18/h3-11,19H,12-14H2,1-2H3. The van der Waals surface area contributed by atoms with E-state index in [0.29, 0.717) is 13.1 Å². The van der Waals surface area contributed by atoms with E-state index >= 15 is 0 Å². The average molecular weight is 346 g/mol. The maximum absolute atomic E-state index is 12.2. The molecule has 0 unspecified atom stereocenters. The Morgan fingerprint density at radius 3 is 2.29 bits per heavy atom. The van der Waals surface area contributed by atoms with E-state index in [2.05, 4.69) is 4.72 Å². The van der Waals surface area contributed by atoms with Crippen LogP contribution in [0.5, 0.6) is 0 Å². The summed E-state index contributed by atoms with van der Waals surface area (Å²) in [6.45, 7) is 4.43. The Hall–Kier alpha value is -2.18. The van der Waals surface area contributed by atoms with Crippen LogP contribution >= 0.6 is 0 Å². The number of sulfonamides is 1. The number of hydrogen-bond donors (Lipinski definition) is 1. The van der Waals surface area contributed by atoms with Crippen molar-refractivity contribution in [3.63, 3.8) is 0 Å². The molecule has 0 aliphatic carbocycles. The summed E-state index contributed by atoms with van der Waals surface area (Å²) >= 11 is 0. The number of carbonyl (C=O) groups is 1. The highest BCUT2D eigenvalue weighted by Crippen LogP contribution is 2.11. The number of carbonyl (C=O) groups excluding carboxylic acids is 1. The van der Waals surface area contributed by atoms with E-state index in [1.54, 1.807) is 35.2 Å². The lowest BCUT2D eigenvalue weighted by Crippen LogP contribution is -2.37. The van der Waals surface area contributed by atoms with Crippen LogP contribution in [0, 0.1) is 6.92 Å². The van der Waals surface area contributed by atoms with E-state index in [4.69, 9.17) is 0 Å². The number of amides is 1. The lowest BCUT2D eigenvalue weighted by molar-refractivity contribution is -0.129. The number of hydrogen-bond acceptors (Lipinski definition) is 3. The lowest BCUT2D eigenvalue weighted by atomic mass is 10.1. The van der Waals surface area contributed by atoms with E-state index in [0.717, 1.165) is 11.1 Å². The van der Waals surface area contributed by atoms with Crippen molar-refractivity contribution in [3.8, 4) is 0 Å². The van der Waals surface area contributed by atoms with Gasteiger partial charge in [0.15, 0.2) is 0 Å². The predicted octanol–water partition coefficient (Wildman–Crippen LogP) is 2.32. The van der Waals surface area contributed by atoms with Crippen LogP contribution in [0.4, 0.5) is 0 Å². The van der Waals surface area contributed by atoms with E-state index < -0.39 is 10.0 Å². The van der Waals surface area contributed by atoms with E-state index in [1.165, 1.54) is 6.92 Å². The normalized spacial score (nSPS) is 11.2. The molecule has 24 heavy (non-hydrogen) atoms. The van der Waals surface area contributed by atoms with Crippen molar-refractivity contribution in [1.82, 2.24) is 9.62 Å². The summed E-state index contributed by atoms with van der Waals surface area (Å²) < 4.78 is 26.9. The zero-order valence-electron chi connectivity index (χ0n) is 13.9. The molecular formula is C18H22N2O3S. The number of nitrogens with zero attached hydrogens (tertiary/aromatic N) is 1. The number of benzene rings is 2. The topological polar surface area (TPSA) is 66.5 Å². The molecule has 0 atom stereocenters. The van der Waals surface area contributed by atoms with Gasteiger partial charge in [-0.1, -0.05) is 42.5 Å². The summed E-state index contributed by atoms with van der Waals surface area (Å²) in [5.74, 6) is -0.0860. The Morgan fingerprint density at radius 2 is 1.67 bits per heavy atom. The maximum Gasteiger partial charge on any atom is 0.240 e. The summed E-state index contributed by atoms with van der Waals surface area (Å²) in [5, 5.41) is 0. The fourth-order valence-corrected chi connectivity index (χ4v) is 3.38. The maximum atomic E-state index is 12.2. The van der Waals surface area contributed by atoms with Crippen molar-refractivity contribution in [2.75, 3.05) is 13.1 Å². The molecule has 0 bridgehead atoms. The molecule has 0 saturated heterocycles. The Labute approximate surface area is 143 Å². The largest absolute Gasteiger partial charge is 0.337 e. The molecule has 0 saturated carbocycles. The zero-order chi connectivity index (χ0) is 17.6. The van der Waals surface area contributed by atoms with Crippen LogP contribution in [-0.4, -0.2) is 32.3 Å². The van der Waals surface area contributed by atoms with Crippen LogP contribution in [0.2, 0.25) is 0 Å². The van der Waals surface area contributed by atoms with Crippen LogP contribution in [0.1, 0.15) is 18.1 Å². The summed E-state index contributed by atoms with van der Waals surface area (Å²) in [6, 6.07) is 16.0. The van der Waals surface area contributed by atoms with Crippen molar-refractivity contribution >= 4 is 15.9 Å². The van der Waals surface area contributed by atoms with Crippen molar-refractivity contribution in [2.45, 2.75) is 25.3 Å². The number of rotatable bonds is 7. The SMILES string of the molecule is CC(=O)N(CCNS(=O)(=O)c1ccccc1)Cc1ccccc1C. The molecule has 0 heterocycles. The Morgan fingerprint density at radius 1 is 1.04 bits per heavy atom. The van der Waals surface area contributed by atoms with Gasteiger partial charge in [0.25, 0.3) is 0 Å². The predicted molar refractivity (Wildman–Crippen MR) is 93.9 cm³/mol. The lowest BCUT2D eigenvalue weighted by Gasteiger charge is -2.22. The highest BCUT2D eigenvalue weighted by atomic mass is 32.2. The fraction of sp³-hybridized carbons (Fsp3) is 0.278. The summed E-state index contributed by atoms with van der Waals surface area (Å²) in [5.41, 5.74) is 2.16. The number of aryl methyl sites for hydroxylation is 1. The molecule has 0 aliphatic rings. The van der Waals surface area contributed by atoms with Gasteiger partial charge in [0.05, 0.1) is 4.90 Å². The smallest absolute Gasteiger partial charge is 0.240 e. The third-order valence-electron chi connectivity index (χ3n) is 3.80. The second kappa shape index (κ2) is 8.08. The molecule has 0 radical (unpaired) electrons. The van der Waals surface area contributed by atoms with E-state index in [9.17, 15) is 13.2 Å². The Balaban J connectivity index is 1.97. The van der Waals surface area contributed by atoms with Gasteiger partial charge in [-0.2, -0.15) is 0 Å². The first-order chi connectivity index (χ1) is 11.4. The fourth-order valence-electron chi connectivity index (χ4n) is 2.34. The van der Waals surface area contributed by atoms with Crippen LogP contribution < -0.4 is 4.72 Å². The molecule has 128 valence electrons. The summed E-state index contributed by atoms with van der Waals surface area (Å²) in [6.07, 6.45) is 0. The summed E-state index contributed by atoms with van der Waals surface area (Å²) in [7, 11) is -3.55. The molecule has 2 aromatic rings. The van der Waals surface area contributed by atoms with Gasteiger partial charge >= 0.3 is 0 Å². The van der Waals surface area contributed by atoms with Crippen molar-refractivity contribution < 1.29 is 13.2 Å². The molecule has 0 aromatic heterocycles. The second-order valence-corrected chi connectivity index (χ2v) is 7.34. The van der Waals surface area contributed by atoms with Crippen molar-refractivity contribution in [3.05, 3.63) is 65.7 Å². The van der Waals surface area contributed by atoms with E-state index in [1.807, 2.05) is 31.2 Å². The van der Waals surface area contributed by atoms with Crippen molar-refractivity contribution in [2.24, 2.45) is 0 Å². The molecular weight excluding hydrogens is 324 g/mol. The van der Waals surface area contributed by atoms with Crippen LogP contribution in [0.3, 0.4) is 0 Å². The highest BCUT2D eigenvalue weighted by molar-refractivity contribution is 7.89. The molecule has 2 aromatic carbocycles. The quantitative estimate of drug-likeness (QED) is 0.837. The van der Waals surface area contributed by atoms with Crippen LogP contribution in [0.25, 0.3) is 0 Å². The minimum absolute atomic E-state index is 0.0860. The Bertz CT molecular complexity index is 789. The summed E-state index contributed by atoms with van der Waals surface area (Å²) in [4.78, 5) is 13.7. The first-order valence-electron chi connectivity index (χ1n) is 7.75. The molecule has 0 spiro atoms. The highest BCUT2D eigenvalue weighted by Gasteiger charge is 2.15. The van der Waals surface area contributed by atoms with Gasteiger partial charge in [-0.3, -0.25) is 4.79 Å². The molecule has 0 aliphatic heterocycles. The monoisotopic (exact) mass is 346 g/mol. The van der Waals surface area contributed by atoms with Crippen LogP contribution in [-0.2, 0) is 21.4 Å². The van der Waals surface area contributed by atoms with Crippen LogP contribution in [0.15, 0.2) is 59.5 Å². The molecule has 6 heteroatoms. The molecule has 5 nitrogen and oxygen atoms in total. The van der Waals surface area contributed by atoms with E-state index in [-0.39, 0.29) is 17.3 Å². The van der Waals surface area contributed by atoms with Gasteiger partial charge < -0.3 is 4.90 Å². The van der Waals surface area contributed by atoms with Gasteiger partial charge in [-0.15, -0.1) is 0 Å².